The van der Waals surface area contributed by atoms with Crippen molar-refractivity contribution in [3.05, 3.63) is 40.1 Å². The number of hydrogen-bond donors (Lipinski definition) is 1. The van der Waals surface area contributed by atoms with Crippen molar-refractivity contribution in [3.8, 4) is 11.8 Å². The summed E-state index contributed by atoms with van der Waals surface area (Å²) in [6.07, 6.45) is 1.47. The van der Waals surface area contributed by atoms with E-state index < -0.39 is 5.97 Å². The van der Waals surface area contributed by atoms with E-state index in [1.807, 2.05) is 0 Å². The Morgan fingerprint density at radius 1 is 1.58 bits per heavy atom. The van der Waals surface area contributed by atoms with Crippen molar-refractivity contribution in [2.75, 3.05) is 12.8 Å². The van der Waals surface area contributed by atoms with Gasteiger partial charge in [-0.25, -0.2) is 9.48 Å². The zero-order chi connectivity index (χ0) is 14.0. The van der Waals surface area contributed by atoms with Gasteiger partial charge in [0.05, 0.1) is 30.2 Å². The molecule has 2 rings (SSSR count). The molecule has 0 saturated carbocycles. The number of hydrogen-bond acceptors (Lipinski definition) is 5. The highest BCUT2D eigenvalue weighted by molar-refractivity contribution is 9.10. The van der Waals surface area contributed by atoms with Crippen LogP contribution in [0.5, 0.6) is 0 Å². The molecule has 0 saturated heterocycles. The molecule has 0 fully saturated rings. The standard InChI is InChI=1S/C12H9BrN4O2/c1-19-12(18)11-9(15)6-17(16-11)10-3-2-8(13)4-7(10)5-14/h2-4,6H,15H2,1H3. The first-order valence-corrected chi connectivity index (χ1v) is 5.99. The lowest BCUT2D eigenvalue weighted by molar-refractivity contribution is 0.0594. The van der Waals surface area contributed by atoms with Crippen LogP contribution in [0.4, 0.5) is 5.69 Å². The molecule has 7 heteroatoms. The number of anilines is 1. The Labute approximate surface area is 117 Å². The van der Waals surface area contributed by atoms with Gasteiger partial charge in [0, 0.05) is 4.47 Å². The number of carbonyl (C=O) groups excluding carboxylic acids is 1. The van der Waals surface area contributed by atoms with Crippen LogP contribution >= 0.6 is 15.9 Å². The molecular weight excluding hydrogens is 312 g/mol. The summed E-state index contributed by atoms with van der Waals surface area (Å²) in [6.45, 7) is 0. The molecule has 0 spiro atoms. The number of benzene rings is 1. The first kappa shape index (κ1) is 13.1. The molecule has 0 amide bonds. The number of esters is 1. The summed E-state index contributed by atoms with van der Waals surface area (Å²) in [6, 6.07) is 7.19. The Balaban J connectivity index is 2.55. The van der Waals surface area contributed by atoms with Crippen LogP contribution in [0.15, 0.2) is 28.9 Å². The molecule has 6 nitrogen and oxygen atoms in total. The summed E-state index contributed by atoms with van der Waals surface area (Å²) in [4.78, 5) is 11.4. The lowest BCUT2D eigenvalue weighted by Crippen LogP contribution is -2.06. The molecule has 0 aliphatic rings. The minimum Gasteiger partial charge on any atom is -0.464 e. The summed E-state index contributed by atoms with van der Waals surface area (Å²) < 4.78 is 6.74. The predicted molar refractivity (Wildman–Crippen MR) is 71.7 cm³/mol. The van der Waals surface area contributed by atoms with E-state index in [1.165, 1.54) is 18.0 Å². The largest absolute Gasteiger partial charge is 0.464 e. The molecule has 0 unspecified atom stereocenters. The fourth-order valence-electron chi connectivity index (χ4n) is 1.56. The van der Waals surface area contributed by atoms with Crippen molar-refractivity contribution in [2.24, 2.45) is 0 Å². The highest BCUT2D eigenvalue weighted by Crippen LogP contribution is 2.21. The number of nitrogens with two attached hydrogens (primary N) is 1. The summed E-state index contributed by atoms with van der Waals surface area (Å²) in [7, 11) is 1.25. The molecule has 0 aliphatic carbocycles. The molecule has 2 aromatic rings. The molecule has 96 valence electrons. The zero-order valence-electron chi connectivity index (χ0n) is 9.92. The Morgan fingerprint density at radius 2 is 2.32 bits per heavy atom. The Morgan fingerprint density at radius 3 is 2.95 bits per heavy atom. The minimum absolute atomic E-state index is 0.0225. The molecule has 0 bridgehead atoms. The van der Waals surface area contributed by atoms with Gasteiger partial charge in [-0.2, -0.15) is 10.4 Å². The van der Waals surface area contributed by atoms with Gasteiger partial charge in [-0.15, -0.1) is 0 Å². The van der Waals surface area contributed by atoms with E-state index in [9.17, 15) is 4.79 Å². The maximum absolute atomic E-state index is 11.4. The van der Waals surface area contributed by atoms with Crippen LogP contribution in [0.1, 0.15) is 16.1 Å². The second-order valence-corrected chi connectivity index (χ2v) is 4.56. The van der Waals surface area contributed by atoms with Gasteiger partial charge >= 0.3 is 5.97 Å². The first-order valence-electron chi connectivity index (χ1n) is 5.20. The number of nitriles is 1. The summed E-state index contributed by atoms with van der Waals surface area (Å²) in [5, 5.41) is 13.1. The van der Waals surface area contributed by atoms with E-state index in [1.54, 1.807) is 18.2 Å². The lowest BCUT2D eigenvalue weighted by atomic mass is 10.2. The first-order chi connectivity index (χ1) is 9.06. The smallest absolute Gasteiger partial charge is 0.360 e. The normalized spacial score (nSPS) is 9.95. The van der Waals surface area contributed by atoms with E-state index in [-0.39, 0.29) is 11.4 Å². The molecule has 1 aromatic carbocycles. The van der Waals surface area contributed by atoms with Gasteiger partial charge in [-0.1, -0.05) is 15.9 Å². The summed E-state index contributed by atoms with van der Waals surface area (Å²) >= 11 is 3.28. The van der Waals surface area contributed by atoms with Gasteiger partial charge in [0.15, 0.2) is 5.69 Å². The van der Waals surface area contributed by atoms with Gasteiger partial charge in [0.2, 0.25) is 0 Å². The number of aromatic nitrogens is 2. The predicted octanol–water partition coefficient (Wildman–Crippen LogP) is 1.88. The van der Waals surface area contributed by atoms with Crippen molar-refractivity contribution in [2.45, 2.75) is 0 Å². The van der Waals surface area contributed by atoms with Crippen LogP contribution < -0.4 is 5.73 Å². The molecular formula is C12H9BrN4O2. The molecule has 1 heterocycles. The third-order valence-corrected chi connectivity index (χ3v) is 2.94. The Bertz CT molecular complexity index is 688. The number of methoxy groups -OCH3 is 1. The van der Waals surface area contributed by atoms with Crippen LogP contribution in [-0.2, 0) is 4.74 Å². The second kappa shape index (κ2) is 5.12. The number of ether oxygens (including phenoxy) is 1. The van der Waals surface area contributed by atoms with E-state index in [4.69, 9.17) is 11.0 Å². The van der Waals surface area contributed by atoms with E-state index in [2.05, 4.69) is 31.8 Å². The topological polar surface area (TPSA) is 93.9 Å². The maximum Gasteiger partial charge on any atom is 0.360 e. The average molecular weight is 321 g/mol. The van der Waals surface area contributed by atoms with Crippen molar-refractivity contribution < 1.29 is 9.53 Å². The van der Waals surface area contributed by atoms with E-state index in [0.29, 0.717) is 11.3 Å². The van der Waals surface area contributed by atoms with Crippen molar-refractivity contribution >= 4 is 27.6 Å². The number of nitrogen functional groups attached to an aromatic ring is 1. The molecule has 2 N–H and O–H groups in total. The highest BCUT2D eigenvalue weighted by atomic mass is 79.9. The number of nitrogens with zero attached hydrogens (tertiary/aromatic N) is 3. The van der Waals surface area contributed by atoms with Gasteiger partial charge in [-0.3, -0.25) is 0 Å². The van der Waals surface area contributed by atoms with Crippen LogP contribution in [0.25, 0.3) is 5.69 Å². The molecule has 19 heavy (non-hydrogen) atoms. The maximum atomic E-state index is 11.4. The van der Waals surface area contributed by atoms with Crippen molar-refractivity contribution in [1.82, 2.24) is 9.78 Å². The Hall–Kier alpha value is -2.33. The van der Waals surface area contributed by atoms with Crippen molar-refractivity contribution in [3.63, 3.8) is 0 Å². The average Bonchev–Trinajstić information content (AvgIpc) is 2.79. The second-order valence-electron chi connectivity index (χ2n) is 3.64. The van der Waals surface area contributed by atoms with Crippen LogP contribution in [-0.4, -0.2) is 22.9 Å². The van der Waals surface area contributed by atoms with E-state index >= 15 is 0 Å². The SMILES string of the molecule is COC(=O)c1nn(-c2ccc(Br)cc2C#N)cc1N. The van der Waals surface area contributed by atoms with Crippen LogP contribution in [0.2, 0.25) is 0 Å². The molecule has 1 aromatic heterocycles. The van der Waals surface area contributed by atoms with Gasteiger partial charge in [-0.05, 0) is 18.2 Å². The number of carbonyl (C=O) groups is 1. The van der Waals surface area contributed by atoms with Crippen molar-refractivity contribution in [1.29, 1.82) is 5.26 Å². The number of rotatable bonds is 2. The number of halogens is 1. The Kier molecular flexibility index (Phi) is 3.53. The zero-order valence-corrected chi connectivity index (χ0v) is 11.5. The minimum atomic E-state index is -0.619. The van der Waals surface area contributed by atoms with Crippen LogP contribution in [0.3, 0.4) is 0 Å². The van der Waals surface area contributed by atoms with Gasteiger partial charge < -0.3 is 10.5 Å². The fourth-order valence-corrected chi connectivity index (χ4v) is 1.92. The molecule has 0 radical (unpaired) electrons. The lowest BCUT2D eigenvalue weighted by Gasteiger charge is -2.03. The third kappa shape index (κ3) is 2.44. The summed E-state index contributed by atoms with van der Waals surface area (Å²) in [5.41, 5.74) is 6.86. The monoisotopic (exact) mass is 320 g/mol. The highest BCUT2D eigenvalue weighted by Gasteiger charge is 2.17. The van der Waals surface area contributed by atoms with Gasteiger partial charge in [0.1, 0.15) is 6.07 Å². The quantitative estimate of drug-likeness (QED) is 0.852. The molecule has 0 atom stereocenters. The fraction of sp³-hybridized carbons (Fsp3) is 0.0833. The third-order valence-electron chi connectivity index (χ3n) is 2.45. The van der Waals surface area contributed by atoms with Crippen LogP contribution in [0, 0.1) is 11.3 Å². The molecule has 0 aliphatic heterocycles. The van der Waals surface area contributed by atoms with Gasteiger partial charge in [0.25, 0.3) is 0 Å². The van der Waals surface area contributed by atoms with E-state index in [0.717, 1.165) is 4.47 Å². The summed E-state index contributed by atoms with van der Waals surface area (Å²) in [5.74, 6) is -0.619.